The number of hydrogen-bond donors (Lipinski definition) is 3. The Bertz CT molecular complexity index is 1040. The second-order valence-electron chi connectivity index (χ2n) is 7.69. The number of rotatable bonds is 13. The Labute approximate surface area is 200 Å². The van der Waals surface area contributed by atoms with E-state index in [1.54, 1.807) is 31.4 Å². The van der Waals surface area contributed by atoms with Crippen molar-refractivity contribution in [3.8, 4) is 5.75 Å². The van der Waals surface area contributed by atoms with Gasteiger partial charge >= 0.3 is 0 Å². The minimum Gasteiger partial charge on any atom is -0.494 e. The Kier molecular flexibility index (Phi) is 9.95. The van der Waals surface area contributed by atoms with Gasteiger partial charge in [0.1, 0.15) is 5.75 Å². The van der Waals surface area contributed by atoms with Crippen LogP contribution in [0.1, 0.15) is 22.3 Å². The van der Waals surface area contributed by atoms with Crippen LogP contribution >= 0.6 is 0 Å². The van der Waals surface area contributed by atoms with Gasteiger partial charge in [0.05, 0.1) is 19.8 Å². The summed E-state index contributed by atoms with van der Waals surface area (Å²) >= 11 is 0. The first-order valence-corrected chi connectivity index (χ1v) is 11.3. The lowest BCUT2D eigenvalue weighted by atomic mass is 10.1. The summed E-state index contributed by atoms with van der Waals surface area (Å²) in [7, 11) is 1.58. The number of hydrogen-bond acceptors (Lipinski definition) is 5. The number of aryl methyl sites for hydroxylation is 1. The van der Waals surface area contributed by atoms with Gasteiger partial charge in [-0.25, -0.2) is 0 Å². The fourth-order valence-electron chi connectivity index (χ4n) is 3.27. The number of ether oxygens (including phenoxy) is 2. The predicted octanol–water partition coefficient (Wildman–Crippen LogP) is 4.13. The van der Waals surface area contributed by atoms with Crippen LogP contribution in [-0.4, -0.2) is 45.2 Å². The lowest BCUT2D eigenvalue weighted by molar-refractivity contribution is -0.114. The Balaban J connectivity index is 1.39. The molecule has 3 aromatic rings. The summed E-state index contributed by atoms with van der Waals surface area (Å²) in [6.45, 7) is 1.62. The smallest absolute Gasteiger partial charge is 0.251 e. The number of anilines is 2. The predicted molar refractivity (Wildman–Crippen MR) is 134 cm³/mol. The minimum atomic E-state index is -0.178. The number of benzene rings is 3. The monoisotopic (exact) mass is 461 g/mol. The van der Waals surface area contributed by atoms with E-state index in [2.05, 4.69) is 28.1 Å². The van der Waals surface area contributed by atoms with E-state index in [9.17, 15) is 9.59 Å². The highest BCUT2D eigenvalue weighted by molar-refractivity contribution is 5.95. The summed E-state index contributed by atoms with van der Waals surface area (Å²) in [5, 5.41) is 8.70. The van der Waals surface area contributed by atoms with E-state index in [1.807, 2.05) is 42.5 Å². The molecule has 34 heavy (non-hydrogen) atoms. The first-order chi connectivity index (χ1) is 16.6. The first-order valence-electron chi connectivity index (χ1n) is 11.3. The van der Waals surface area contributed by atoms with Crippen molar-refractivity contribution in [2.24, 2.45) is 0 Å². The second kappa shape index (κ2) is 13.6. The van der Waals surface area contributed by atoms with Crippen LogP contribution in [0.3, 0.4) is 0 Å². The van der Waals surface area contributed by atoms with Crippen molar-refractivity contribution in [2.45, 2.75) is 12.8 Å². The molecular weight excluding hydrogens is 430 g/mol. The molecule has 0 aliphatic rings. The molecule has 0 spiro atoms. The molecule has 178 valence electrons. The zero-order chi connectivity index (χ0) is 24.0. The van der Waals surface area contributed by atoms with E-state index >= 15 is 0 Å². The highest BCUT2D eigenvalue weighted by Crippen LogP contribution is 2.18. The van der Waals surface area contributed by atoms with Crippen molar-refractivity contribution >= 4 is 23.2 Å². The molecule has 0 fully saturated rings. The van der Waals surface area contributed by atoms with Gasteiger partial charge in [-0.3, -0.25) is 9.59 Å². The maximum atomic E-state index is 12.3. The standard InChI is InChI=1S/C27H31N3O4/c1-33-18-16-28-27(32)22-12-14-23(15-13-22)29-20-26(31)30-24-10-5-11-25(19-24)34-17-6-9-21-7-3-2-4-8-21/h2-5,7-8,10-15,19,29H,6,9,16-18,20H2,1H3,(H,28,32)(H,30,31). The van der Waals surface area contributed by atoms with E-state index in [0.717, 1.165) is 24.3 Å². The molecule has 0 atom stereocenters. The molecule has 7 heteroatoms. The van der Waals surface area contributed by atoms with Gasteiger partial charge in [0.15, 0.2) is 0 Å². The van der Waals surface area contributed by atoms with Crippen molar-refractivity contribution < 1.29 is 19.1 Å². The van der Waals surface area contributed by atoms with Gasteiger partial charge in [0.25, 0.3) is 5.91 Å². The molecule has 3 aromatic carbocycles. The van der Waals surface area contributed by atoms with Crippen LogP contribution < -0.4 is 20.7 Å². The van der Waals surface area contributed by atoms with Crippen molar-refractivity contribution in [3.05, 3.63) is 90.0 Å². The molecule has 2 amide bonds. The molecule has 0 bridgehead atoms. The van der Waals surface area contributed by atoms with Crippen LogP contribution in [-0.2, 0) is 16.0 Å². The fourth-order valence-corrected chi connectivity index (χ4v) is 3.27. The summed E-state index contributed by atoms with van der Waals surface area (Å²) in [6, 6.07) is 24.6. The van der Waals surface area contributed by atoms with Crippen molar-refractivity contribution in [1.29, 1.82) is 0 Å². The largest absolute Gasteiger partial charge is 0.494 e. The van der Waals surface area contributed by atoms with E-state index in [1.165, 1.54) is 5.56 Å². The Morgan fingerprint density at radius 2 is 1.65 bits per heavy atom. The Morgan fingerprint density at radius 1 is 0.853 bits per heavy atom. The number of carbonyl (C=O) groups excluding carboxylic acids is 2. The van der Waals surface area contributed by atoms with E-state index in [4.69, 9.17) is 9.47 Å². The molecule has 3 rings (SSSR count). The molecular formula is C27H31N3O4. The molecule has 0 unspecified atom stereocenters. The third-order valence-corrected chi connectivity index (χ3v) is 5.03. The highest BCUT2D eigenvalue weighted by Gasteiger charge is 2.07. The van der Waals surface area contributed by atoms with E-state index in [0.29, 0.717) is 31.0 Å². The number of carbonyl (C=O) groups is 2. The van der Waals surface area contributed by atoms with Gasteiger partial charge in [-0.1, -0.05) is 36.4 Å². The topological polar surface area (TPSA) is 88.7 Å². The third kappa shape index (κ3) is 8.60. The van der Waals surface area contributed by atoms with Gasteiger partial charge in [-0.05, 0) is 54.8 Å². The lowest BCUT2D eigenvalue weighted by Gasteiger charge is -2.11. The third-order valence-electron chi connectivity index (χ3n) is 5.03. The summed E-state index contributed by atoms with van der Waals surface area (Å²) in [5.41, 5.74) is 3.26. The summed E-state index contributed by atoms with van der Waals surface area (Å²) in [6.07, 6.45) is 1.88. The van der Waals surface area contributed by atoms with Crippen LogP contribution in [0.25, 0.3) is 0 Å². The van der Waals surface area contributed by atoms with Gasteiger partial charge in [-0.15, -0.1) is 0 Å². The van der Waals surface area contributed by atoms with Crippen molar-refractivity contribution in [1.82, 2.24) is 5.32 Å². The van der Waals surface area contributed by atoms with E-state index in [-0.39, 0.29) is 18.4 Å². The van der Waals surface area contributed by atoms with Crippen LogP contribution in [0.2, 0.25) is 0 Å². The van der Waals surface area contributed by atoms with Crippen LogP contribution in [0.4, 0.5) is 11.4 Å². The Hall–Kier alpha value is -3.84. The number of methoxy groups -OCH3 is 1. The lowest BCUT2D eigenvalue weighted by Crippen LogP contribution is -2.26. The molecule has 0 heterocycles. The summed E-state index contributed by atoms with van der Waals surface area (Å²) < 4.78 is 10.8. The second-order valence-corrected chi connectivity index (χ2v) is 7.69. The average Bonchev–Trinajstić information content (AvgIpc) is 2.87. The maximum absolute atomic E-state index is 12.3. The minimum absolute atomic E-state index is 0.0988. The molecule has 3 N–H and O–H groups in total. The number of nitrogens with one attached hydrogen (secondary N) is 3. The molecule has 0 aromatic heterocycles. The first kappa shape index (κ1) is 24.8. The zero-order valence-electron chi connectivity index (χ0n) is 19.4. The highest BCUT2D eigenvalue weighted by atomic mass is 16.5. The molecule has 0 aliphatic carbocycles. The van der Waals surface area contributed by atoms with Gasteiger partial charge in [-0.2, -0.15) is 0 Å². The van der Waals surface area contributed by atoms with Gasteiger partial charge in [0.2, 0.25) is 5.91 Å². The van der Waals surface area contributed by atoms with Crippen molar-refractivity contribution in [3.63, 3.8) is 0 Å². The zero-order valence-corrected chi connectivity index (χ0v) is 19.4. The van der Waals surface area contributed by atoms with Crippen molar-refractivity contribution in [2.75, 3.05) is 44.0 Å². The van der Waals surface area contributed by atoms with Gasteiger partial charge < -0.3 is 25.4 Å². The van der Waals surface area contributed by atoms with Crippen LogP contribution in [0, 0.1) is 0 Å². The Morgan fingerprint density at radius 3 is 2.41 bits per heavy atom. The summed E-state index contributed by atoms with van der Waals surface area (Å²) in [4.78, 5) is 24.4. The molecule has 7 nitrogen and oxygen atoms in total. The summed E-state index contributed by atoms with van der Waals surface area (Å²) in [5.74, 6) is 0.379. The quantitative estimate of drug-likeness (QED) is 0.333. The normalized spacial score (nSPS) is 10.4. The molecule has 0 radical (unpaired) electrons. The van der Waals surface area contributed by atoms with Crippen LogP contribution in [0.5, 0.6) is 5.75 Å². The SMILES string of the molecule is COCCNC(=O)c1ccc(NCC(=O)Nc2cccc(OCCCc3ccccc3)c2)cc1. The fraction of sp³-hybridized carbons (Fsp3) is 0.259. The number of amides is 2. The maximum Gasteiger partial charge on any atom is 0.251 e. The molecule has 0 aliphatic heterocycles. The van der Waals surface area contributed by atoms with Gasteiger partial charge in [0, 0.05) is 36.7 Å². The molecule has 0 saturated heterocycles. The molecule has 0 saturated carbocycles. The van der Waals surface area contributed by atoms with Crippen LogP contribution in [0.15, 0.2) is 78.9 Å². The van der Waals surface area contributed by atoms with E-state index < -0.39 is 0 Å². The average molecular weight is 462 g/mol.